The van der Waals surface area contributed by atoms with E-state index in [1.54, 1.807) is 24.3 Å². The average molecular weight is 274 g/mol. The molecule has 5 nitrogen and oxygen atoms in total. The molecule has 0 saturated carbocycles. The highest BCUT2D eigenvalue weighted by Crippen LogP contribution is 2.16. The van der Waals surface area contributed by atoms with Crippen molar-refractivity contribution in [3.05, 3.63) is 35.9 Å². The Balaban J connectivity index is 2.89. The summed E-state index contributed by atoms with van der Waals surface area (Å²) in [6.07, 6.45) is 1.19. The van der Waals surface area contributed by atoms with Crippen LogP contribution in [0.5, 0.6) is 0 Å². The van der Waals surface area contributed by atoms with Crippen LogP contribution in [0.3, 0.4) is 0 Å². The van der Waals surface area contributed by atoms with Crippen molar-refractivity contribution in [2.45, 2.75) is 25.8 Å². The molecule has 1 N–H and O–H groups in total. The van der Waals surface area contributed by atoms with Gasteiger partial charge in [-0.2, -0.15) is 5.26 Å². The average Bonchev–Trinajstić information content (AvgIpc) is 2.50. The zero-order valence-corrected chi connectivity index (χ0v) is 11.6. The summed E-state index contributed by atoms with van der Waals surface area (Å²) in [6, 6.07) is 9.87. The Morgan fingerprint density at radius 2 is 2.00 bits per heavy atom. The van der Waals surface area contributed by atoms with Crippen molar-refractivity contribution in [3.63, 3.8) is 0 Å². The van der Waals surface area contributed by atoms with Crippen LogP contribution >= 0.6 is 0 Å². The molecule has 106 valence electrons. The van der Waals surface area contributed by atoms with Gasteiger partial charge in [0, 0.05) is 0 Å². The molecule has 0 aliphatic carbocycles. The molecule has 2 unspecified atom stereocenters. The minimum atomic E-state index is -0.888. The van der Waals surface area contributed by atoms with Gasteiger partial charge >= 0.3 is 5.97 Å². The van der Waals surface area contributed by atoms with E-state index in [1.807, 2.05) is 19.1 Å². The van der Waals surface area contributed by atoms with Gasteiger partial charge in [-0.1, -0.05) is 43.7 Å². The van der Waals surface area contributed by atoms with Gasteiger partial charge < -0.3 is 10.1 Å². The van der Waals surface area contributed by atoms with Crippen molar-refractivity contribution in [1.82, 2.24) is 5.32 Å². The number of amides is 1. The minimum absolute atomic E-state index is 0.450. The molecular weight excluding hydrogens is 256 g/mol. The van der Waals surface area contributed by atoms with Crippen LogP contribution in [0, 0.1) is 17.2 Å². The zero-order valence-electron chi connectivity index (χ0n) is 11.6. The molecule has 1 rings (SSSR count). The first kappa shape index (κ1) is 15.7. The summed E-state index contributed by atoms with van der Waals surface area (Å²) < 4.78 is 4.70. The van der Waals surface area contributed by atoms with Crippen molar-refractivity contribution in [3.8, 4) is 6.07 Å². The fourth-order valence-corrected chi connectivity index (χ4v) is 1.83. The Morgan fingerprint density at radius 1 is 1.35 bits per heavy atom. The summed E-state index contributed by atoms with van der Waals surface area (Å²) in [6.45, 7) is 1.90. The Bertz CT molecular complexity index is 494. The maximum absolute atomic E-state index is 12.0. The van der Waals surface area contributed by atoms with Gasteiger partial charge in [0.05, 0.1) is 13.2 Å². The molecule has 0 aliphatic heterocycles. The van der Waals surface area contributed by atoms with Crippen LogP contribution in [0.15, 0.2) is 30.3 Å². The summed E-state index contributed by atoms with van der Waals surface area (Å²) in [7, 11) is 1.26. The van der Waals surface area contributed by atoms with E-state index in [-0.39, 0.29) is 0 Å². The van der Waals surface area contributed by atoms with Gasteiger partial charge in [-0.25, -0.2) is 4.79 Å². The lowest BCUT2D eigenvalue weighted by molar-refractivity contribution is -0.145. The Labute approximate surface area is 118 Å². The number of esters is 1. The molecular formula is C15H18N2O3. The van der Waals surface area contributed by atoms with Crippen molar-refractivity contribution in [2.75, 3.05) is 7.11 Å². The third-order valence-electron chi connectivity index (χ3n) is 2.91. The highest BCUT2D eigenvalue weighted by atomic mass is 16.5. The first-order chi connectivity index (χ1) is 9.63. The molecule has 1 aromatic rings. The quantitative estimate of drug-likeness (QED) is 0.804. The van der Waals surface area contributed by atoms with Crippen LogP contribution in [0.1, 0.15) is 31.4 Å². The van der Waals surface area contributed by atoms with Crippen LogP contribution < -0.4 is 5.32 Å². The van der Waals surface area contributed by atoms with Gasteiger partial charge in [0.25, 0.3) is 0 Å². The van der Waals surface area contributed by atoms with Crippen molar-refractivity contribution >= 4 is 11.9 Å². The van der Waals surface area contributed by atoms with Crippen LogP contribution in [0.25, 0.3) is 0 Å². The highest BCUT2D eigenvalue weighted by Gasteiger charge is 2.26. The second kappa shape index (κ2) is 7.95. The lowest BCUT2D eigenvalue weighted by Gasteiger charge is -2.18. The standard InChI is InChI=1S/C15H18N2O3/c1-3-7-12(10-16)14(18)17-13(15(19)20-2)11-8-5-4-6-9-11/h4-6,8-9,12-13H,3,7H2,1-2H3,(H,17,18). The van der Waals surface area contributed by atoms with Gasteiger partial charge in [-0.15, -0.1) is 0 Å². The van der Waals surface area contributed by atoms with Gasteiger partial charge in [0.15, 0.2) is 6.04 Å². The molecule has 0 fully saturated rings. The van der Waals surface area contributed by atoms with Crippen molar-refractivity contribution in [2.24, 2.45) is 5.92 Å². The first-order valence-corrected chi connectivity index (χ1v) is 6.46. The topological polar surface area (TPSA) is 79.2 Å². The Kier molecular flexibility index (Phi) is 6.24. The molecule has 0 aromatic heterocycles. The molecule has 0 radical (unpaired) electrons. The molecule has 1 aromatic carbocycles. The van der Waals surface area contributed by atoms with E-state index in [2.05, 4.69) is 5.32 Å². The summed E-state index contributed by atoms with van der Waals surface area (Å²) in [5.74, 6) is -1.76. The number of hydrogen-bond acceptors (Lipinski definition) is 4. The number of nitriles is 1. The molecule has 0 bridgehead atoms. The van der Waals surface area contributed by atoms with E-state index in [0.29, 0.717) is 12.0 Å². The zero-order chi connectivity index (χ0) is 15.0. The van der Waals surface area contributed by atoms with E-state index in [9.17, 15) is 9.59 Å². The number of rotatable bonds is 6. The number of nitrogens with zero attached hydrogens (tertiary/aromatic N) is 1. The van der Waals surface area contributed by atoms with Gasteiger partial charge in [-0.3, -0.25) is 4.79 Å². The third kappa shape index (κ3) is 4.09. The second-order valence-electron chi connectivity index (χ2n) is 4.35. The lowest BCUT2D eigenvalue weighted by Crippen LogP contribution is -2.38. The van der Waals surface area contributed by atoms with Crippen LogP contribution in [0.2, 0.25) is 0 Å². The van der Waals surface area contributed by atoms with Crippen LogP contribution in [-0.2, 0) is 14.3 Å². The van der Waals surface area contributed by atoms with Crippen LogP contribution in [-0.4, -0.2) is 19.0 Å². The van der Waals surface area contributed by atoms with Gasteiger partial charge in [-0.05, 0) is 12.0 Å². The minimum Gasteiger partial charge on any atom is -0.467 e. The monoisotopic (exact) mass is 274 g/mol. The maximum Gasteiger partial charge on any atom is 0.333 e. The molecule has 0 aliphatic rings. The van der Waals surface area contributed by atoms with Crippen molar-refractivity contribution < 1.29 is 14.3 Å². The fourth-order valence-electron chi connectivity index (χ4n) is 1.83. The number of nitrogens with one attached hydrogen (secondary N) is 1. The smallest absolute Gasteiger partial charge is 0.333 e. The van der Waals surface area contributed by atoms with Crippen molar-refractivity contribution in [1.29, 1.82) is 5.26 Å². The summed E-state index contributed by atoms with van der Waals surface area (Å²) in [4.78, 5) is 23.8. The Morgan fingerprint density at radius 3 is 2.50 bits per heavy atom. The largest absolute Gasteiger partial charge is 0.467 e. The number of methoxy groups -OCH3 is 1. The Hall–Kier alpha value is -2.35. The second-order valence-corrected chi connectivity index (χ2v) is 4.35. The molecule has 5 heteroatoms. The van der Waals surface area contributed by atoms with E-state index in [4.69, 9.17) is 10.00 Å². The van der Waals surface area contributed by atoms with Gasteiger partial charge in [0.1, 0.15) is 5.92 Å². The number of benzene rings is 1. The molecule has 20 heavy (non-hydrogen) atoms. The lowest BCUT2D eigenvalue weighted by atomic mass is 10.0. The predicted octanol–water partition coefficient (Wildman–Crippen LogP) is 1.96. The molecule has 2 atom stereocenters. The predicted molar refractivity (Wildman–Crippen MR) is 73.4 cm³/mol. The number of carbonyl (C=O) groups is 2. The highest BCUT2D eigenvalue weighted by molar-refractivity contribution is 5.87. The SMILES string of the molecule is CCCC(C#N)C(=O)NC(C(=O)OC)c1ccccc1. The maximum atomic E-state index is 12.0. The van der Waals surface area contributed by atoms with Gasteiger partial charge in [0.2, 0.25) is 5.91 Å². The fraction of sp³-hybridized carbons (Fsp3) is 0.400. The van der Waals surface area contributed by atoms with E-state index in [1.165, 1.54) is 7.11 Å². The summed E-state index contributed by atoms with van der Waals surface area (Å²) >= 11 is 0. The number of ether oxygens (including phenoxy) is 1. The number of hydrogen-bond donors (Lipinski definition) is 1. The summed E-state index contributed by atoms with van der Waals surface area (Å²) in [5.41, 5.74) is 0.626. The van der Waals surface area contributed by atoms with Crippen LogP contribution in [0.4, 0.5) is 0 Å². The molecule has 0 heterocycles. The first-order valence-electron chi connectivity index (χ1n) is 6.46. The molecule has 0 spiro atoms. The third-order valence-corrected chi connectivity index (χ3v) is 2.91. The molecule has 1 amide bonds. The molecule has 0 saturated heterocycles. The number of carbonyl (C=O) groups excluding carboxylic acids is 2. The summed E-state index contributed by atoms with van der Waals surface area (Å²) in [5, 5.41) is 11.6. The van der Waals surface area contributed by atoms with E-state index in [0.717, 1.165) is 6.42 Å². The van der Waals surface area contributed by atoms with E-state index >= 15 is 0 Å². The normalized spacial score (nSPS) is 12.8. The van der Waals surface area contributed by atoms with E-state index < -0.39 is 23.8 Å².